The minimum absolute atomic E-state index is 0.00875. The van der Waals surface area contributed by atoms with Crippen molar-refractivity contribution < 1.29 is 57.6 Å². The predicted molar refractivity (Wildman–Crippen MR) is 428 cm³/mol. The van der Waals surface area contributed by atoms with E-state index in [4.69, 9.17) is 43.7 Å². The molecular formula is C87H106N10O13. The van der Waals surface area contributed by atoms with Crippen LogP contribution in [-0.2, 0) is 52.2 Å². The Morgan fingerprint density at radius 1 is 0.464 bits per heavy atom. The fraction of sp³-hybridized carbons (Fsp3) is 0.402. The number of nitrogens with zero attached hydrogens (tertiary/aromatic N) is 10. The number of benzene rings is 8. The quantitative estimate of drug-likeness (QED) is 0.0217. The third-order valence-electron chi connectivity index (χ3n) is 18.3. The molecule has 110 heavy (non-hydrogen) atoms. The lowest BCUT2D eigenvalue weighted by Gasteiger charge is -2.34. The highest BCUT2D eigenvalue weighted by atomic mass is 16.7. The van der Waals surface area contributed by atoms with Gasteiger partial charge in [0.1, 0.15) is 61.4 Å². The maximum atomic E-state index is 12.3. The lowest BCUT2D eigenvalue weighted by molar-refractivity contribution is -0.384. The molecule has 0 fully saturated rings. The van der Waals surface area contributed by atoms with Gasteiger partial charge in [0, 0.05) is 30.4 Å². The molecule has 0 amide bonds. The Bertz CT molecular complexity index is 4700. The van der Waals surface area contributed by atoms with Crippen molar-refractivity contribution in [2.45, 2.75) is 198 Å². The number of fused-ring (bicyclic) bond motifs is 3. The number of carbonyl (C=O) groups is 4. The number of phenolic OH excluding ortho intramolecular Hbond substituents is 1. The van der Waals surface area contributed by atoms with Gasteiger partial charge in [0.15, 0.2) is 11.5 Å². The largest absolute Gasteiger partial charge is 0.514 e. The number of rotatable bonds is 22. The third kappa shape index (κ3) is 23.8. The summed E-state index contributed by atoms with van der Waals surface area (Å²) in [4.78, 5) is 63.7. The van der Waals surface area contributed by atoms with E-state index in [1.807, 2.05) is 119 Å². The van der Waals surface area contributed by atoms with Crippen LogP contribution in [0.4, 0.5) is 15.3 Å². The summed E-state index contributed by atoms with van der Waals surface area (Å²) < 4.78 is 32.2. The summed E-state index contributed by atoms with van der Waals surface area (Å²) >= 11 is 0. The molecule has 582 valence electrons. The number of nitro benzene ring substituents is 1. The fourth-order valence-corrected chi connectivity index (χ4v) is 12.0. The predicted octanol–water partition coefficient (Wildman–Crippen LogP) is 20.0. The maximum absolute atomic E-state index is 12.3. The van der Waals surface area contributed by atoms with E-state index in [-0.39, 0.29) is 70.4 Å². The first-order valence-electron chi connectivity index (χ1n) is 37.4. The SMILES string of the molecule is CC(C)(C)CC(C)(C)c1ccc(C(C)(C)c2ccccc2)c(-n2nc3ccc([N+](=O)[O-])cc3n2)c1.CCC(C)C(=O)OCCc1ccc(OC(=O)OC(C)(C)C)c(-n2nc3ccccc3n2)c1.CCC(C)C(=O)OCCc1ccc(OC(=O)OC(C)(C)C)c(-n2nc3ccccc3n2)c1.CCC(C)c1ccc(O)cc1. The first-order chi connectivity index (χ1) is 51.8. The number of hydrogen-bond acceptors (Lipinski definition) is 19. The highest BCUT2D eigenvalue weighted by Crippen LogP contribution is 2.41. The zero-order chi connectivity index (χ0) is 80.5. The lowest BCUT2D eigenvalue weighted by atomic mass is 9.71. The molecule has 23 heteroatoms. The molecule has 23 nitrogen and oxygen atoms in total. The molecule has 0 aliphatic heterocycles. The number of esters is 2. The van der Waals surface area contributed by atoms with Crippen molar-refractivity contribution >= 4 is 63.0 Å². The summed E-state index contributed by atoms with van der Waals surface area (Å²) in [5.74, 6) is 0.786. The van der Waals surface area contributed by atoms with Gasteiger partial charge >= 0.3 is 24.2 Å². The van der Waals surface area contributed by atoms with Crippen molar-refractivity contribution in [3.05, 3.63) is 219 Å². The molecule has 0 spiro atoms. The van der Waals surface area contributed by atoms with Crippen LogP contribution in [0.3, 0.4) is 0 Å². The van der Waals surface area contributed by atoms with E-state index >= 15 is 0 Å². The van der Waals surface area contributed by atoms with Crippen LogP contribution >= 0.6 is 0 Å². The lowest BCUT2D eigenvalue weighted by Crippen LogP contribution is -2.27. The van der Waals surface area contributed by atoms with Crippen LogP contribution in [0.1, 0.15) is 197 Å². The number of ether oxygens (including phenoxy) is 6. The number of hydrogen-bond donors (Lipinski definition) is 1. The van der Waals surface area contributed by atoms with Gasteiger partial charge < -0.3 is 33.5 Å². The monoisotopic (exact) mass is 1500 g/mol. The zero-order valence-corrected chi connectivity index (χ0v) is 67.0. The van der Waals surface area contributed by atoms with Gasteiger partial charge in [0.05, 0.1) is 35.7 Å². The first-order valence-corrected chi connectivity index (χ1v) is 37.4. The van der Waals surface area contributed by atoms with Crippen molar-refractivity contribution in [1.82, 2.24) is 45.0 Å². The molecule has 3 heterocycles. The standard InChI is InChI=1S/C29H34N4O2.2C24H29N3O5.C10H14O/c1-27(2,3)19-28(4,5)21-13-15-23(29(6,7)20-11-9-8-10-12-20)26(17-21)32-30-24-16-14-22(33(34)35)18-25(24)31-32;2*1-6-16(2)22(28)30-14-13-17-11-12-21(31-23(29)32-24(3,4)5)20(15-17)27-25-18-9-7-8-10-19(18)26-27;1-3-8(2)9-4-6-10(11)7-5-9/h8-18H,19H2,1-7H3;2*7-12,15-16H,6,13-14H2,1-5H3;4-8,11H,3H2,1-2H3. The van der Waals surface area contributed by atoms with E-state index in [2.05, 4.69) is 125 Å². The Labute approximate surface area is 644 Å². The molecule has 3 unspecified atom stereocenters. The molecular weight excluding hydrogens is 1390 g/mol. The highest BCUT2D eigenvalue weighted by molar-refractivity contribution is 5.78. The average molecular weight is 1500 g/mol. The Morgan fingerprint density at radius 2 is 0.882 bits per heavy atom. The van der Waals surface area contributed by atoms with Gasteiger partial charge in [-0.2, -0.15) is 4.80 Å². The van der Waals surface area contributed by atoms with Gasteiger partial charge in [-0.1, -0.05) is 181 Å². The minimum Gasteiger partial charge on any atom is -0.508 e. The van der Waals surface area contributed by atoms with Gasteiger partial charge in [0.2, 0.25) is 0 Å². The summed E-state index contributed by atoms with van der Waals surface area (Å²) in [5, 5.41) is 47.7. The number of nitro groups is 1. The van der Waals surface area contributed by atoms with Gasteiger partial charge in [-0.15, -0.1) is 40.2 Å². The van der Waals surface area contributed by atoms with Gasteiger partial charge in [0.25, 0.3) is 5.69 Å². The summed E-state index contributed by atoms with van der Waals surface area (Å²) in [7, 11) is 0. The van der Waals surface area contributed by atoms with Crippen LogP contribution in [0.15, 0.2) is 176 Å². The van der Waals surface area contributed by atoms with Gasteiger partial charge in [-0.25, -0.2) is 9.59 Å². The molecule has 0 saturated carbocycles. The van der Waals surface area contributed by atoms with Crippen LogP contribution in [-0.4, -0.2) is 104 Å². The second-order valence-corrected chi connectivity index (χ2v) is 31.8. The van der Waals surface area contributed by atoms with Crippen LogP contribution in [0.2, 0.25) is 0 Å². The summed E-state index contributed by atoms with van der Waals surface area (Å²) in [6.45, 7) is 38.8. The Hall–Kier alpha value is -11.4. The first kappa shape index (κ1) is 84.3. The highest BCUT2D eigenvalue weighted by Gasteiger charge is 2.33. The topological polar surface area (TPSA) is 279 Å². The molecule has 1 N–H and O–H groups in total. The van der Waals surface area contributed by atoms with Crippen molar-refractivity contribution in [2.24, 2.45) is 17.3 Å². The summed E-state index contributed by atoms with van der Waals surface area (Å²) in [5.41, 5.74) is 10.8. The van der Waals surface area contributed by atoms with Crippen LogP contribution in [0.25, 0.3) is 50.2 Å². The molecule has 0 bridgehead atoms. The zero-order valence-electron chi connectivity index (χ0n) is 67.0. The van der Waals surface area contributed by atoms with Gasteiger partial charge in [-0.3, -0.25) is 19.7 Å². The number of aromatic nitrogens is 9. The van der Waals surface area contributed by atoms with Gasteiger partial charge in [-0.05, 0) is 190 Å². The number of carbonyl (C=O) groups excluding carboxylic acids is 4. The minimum atomic E-state index is -0.814. The number of aromatic hydroxyl groups is 1. The summed E-state index contributed by atoms with van der Waals surface area (Å²) in [6, 6.07) is 54.5. The molecule has 3 aromatic heterocycles. The molecule has 3 atom stereocenters. The van der Waals surface area contributed by atoms with Crippen LogP contribution in [0, 0.1) is 27.4 Å². The molecule has 0 aliphatic rings. The number of non-ortho nitro benzene ring substituents is 1. The van der Waals surface area contributed by atoms with E-state index in [0.717, 1.165) is 48.1 Å². The molecule has 8 aromatic carbocycles. The van der Waals surface area contributed by atoms with E-state index in [0.29, 0.717) is 69.0 Å². The molecule has 0 radical (unpaired) electrons. The van der Waals surface area contributed by atoms with E-state index < -0.39 is 28.4 Å². The van der Waals surface area contributed by atoms with Crippen molar-refractivity contribution in [2.75, 3.05) is 13.2 Å². The molecule has 11 aromatic rings. The molecule has 0 saturated heterocycles. The Balaban J connectivity index is 0.000000194. The average Bonchev–Trinajstić information content (AvgIpc) is 1.33. The van der Waals surface area contributed by atoms with E-state index in [1.54, 1.807) is 76.7 Å². The Kier molecular flexibility index (Phi) is 28.1. The normalized spacial score (nSPS) is 12.6. The smallest absolute Gasteiger partial charge is 0.508 e. The van der Waals surface area contributed by atoms with Crippen LogP contribution in [0.5, 0.6) is 17.2 Å². The molecule has 11 rings (SSSR count). The Morgan fingerprint density at radius 3 is 1.29 bits per heavy atom. The second kappa shape index (κ2) is 36.7. The van der Waals surface area contributed by atoms with E-state index in [1.165, 1.54) is 38.4 Å². The third-order valence-corrected chi connectivity index (χ3v) is 18.3. The van der Waals surface area contributed by atoms with Crippen molar-refractivity contribution in [3.8, 4) is 34.3 Å². The van der Waals surface area contributed by atoms with Crippen LogP contribution < -0.4 is 9.47 Å². The van der Waals surface area contributed by atoms with E-state index in [9.17, 15) is 29.3 Å². The van der Waals surface area contributed by atoms with Crippen molar-refractivity contribution in [3.63, 3.8) is 0 Å². The fourth-order valence-electron chi connectivity index (χ4n) is 12.0. The maximum Gasteiger partial charge on any atom is 0.514 e. The number of phenols is 1. The van der Waals surface area contributed by atoms with Crippen molar-refractivity contribution in [1.29, 1.82) is 0 Å². The summed E-state index contributed by atoms with van der Waals surface area (Å²) in [6.07, 6.45) is 3.00. The second-order valence-electron chi connectivity index (χ2n) is 31.8. The molecule has 0 aliphatic carbocycles.